The first-order chi connectivity index (χ1) is 13.6. The predicted molar refractivity (Wildman–Crippen MR) is 109 cm³/mol. The highest BCUT2D eigenvalue weighted by Gasteiger charge is 2.23. The van der Waals surface area contributed by atoms with Crippen LogP contribution >= 0.6 is 11.6 Å². The minimum Gasteiger partial charge on any atom is -0.494 e. The Balaban J connectivity index is 1.22. The van der Waals surface area contributed by atoms with Crippen LogP contribution in [-0.4, -0.2) is 49.4 Å². The number of nitrogens with zero attached hydrogens (tertiary/aromatic N) is 2. The Labute approximate surface area is 169 Å². The summed E-state index contributed by atoms with van der Waals surface area (Å²) in [5.41, 5.74) is 3.22. The lowest BCUT2D eigenvalue weighted by atomic mass is 10.1. The third-order valence-electron chi connectivity index (χ3n) is 5.30. The van der Waals surface area contributed by atoms with E-state index in [0.717, 1.165) is 35.5 Å². The van der Waals surface area contributed by atoms with Crippen molar-refractivity contribution in [1.82, 2.24) is 4.90 Å². The highest BCUT2D eigenvalue weighted by Crippen LogP contribution is 2.24. The van der Waals surface area contributed by atoms with Crippen LogP contribution in [0.3, 0.4) is 0 Å². The van der Waals surface area contributed by atoms with Crippen LogP contribution in [0.2, 0.25) is 5.02 Å². The van der Waals surface area contributed by atoms with Crippen LogP contribution < -0.4 is 9.64 Å². The Hall–Kier alpha value is -2.53. The predicted octanol–water partition coefficient (Wildman–Crippen LogP) is 3.13. The van der Waals surface area contributed by atoms with E-state index in [4.69, 9.17) is 16.3 Å². The van der Waals surface area contributed by atoms with Crippen molar-refractivity contribution in [2.75, 3.05) is 37.7 Å². The number of hydrogen-bond donors (Lipinski definition) is 0. The first kappa shape index (κ1) is 18.8. The molecule has 1 saturated heterocycles. The SMILES string of the molecule is O=C1Cc2ccc(OCCCN3CCN(c4ccc(Cl)cc4)CC3=O)cc2C1. The van der Waals surface area contributed by atoms with Crippen LogP contribution in [0.1, 0.15) is 17.5 Å². The van der Waals surface area contributed by atoms with Crippen LogP contribution in [0, 0.1) is 0 Å². The summed E-state index contributed by atoms with van der Waals surface area (Å²) in [7, 11) is 0. The van der Waals surface area contributed by atoms with Crippen molar-refractivity contribution in [3.63, 3.8) is 0 Å². The van der Waals surface area contributed by atoms with Gasteiger partial charge in [-0.15, -0.1) is 0 Å². The van der Waals surface area contributed by atoms with Crippen molar-refractivity contribution < 1.29 is 14.3 Å². The molecule has 4 rings (SSSR count). The minimum absolute atomic E-state index is 0.136. The van der Waals surface area contributed by atoms with Gasteiger partial charge in [0, 0.05) is 43.2 Å². The molecule has 0 spiro atoms. The van der Waals surface area contributed by atoms with E-state index < -0.39 is 0 Å². The van der Waals surface area contributed by atoms with Gasteiger partial charge in [-0.25, -0.2) is 0 Å². The fourth-order valence-electron chi connectivity index (χ4n) is 3.78. The molecule has 0 atom stereocenters. The lowest BCUT2D eigenvalue weighted by molar-refractivity contribution is -0.131. The summed E-state index contributed by atoms with van der Waals surface area (Å²) >= 11 is 5.93. The molecule has 0 N–H and O–H groups in total. The Bertz CT molecular complexity index is 882. The Kier molecular flexibility index (Phi) is 5.53. The molecule has 0 bridgehead atoms. The van der Waals surface area contributed by atoms with E-state index >= 15 is 0 Å². The summed E-state index contributed by atoms with van der Waals surface area (Å²) in [5, 5.41) is 0.698. The number of ketones is 1. The third-order valence-corrected chi connectivity index (χ3v) is 5.56. The van der Waals surface area contributed by atoms with Crippen LogP contribution in [-0.2, 0) is 22.4 Å². The number of anilines is 1. The highest BCUT2D eigenvalue weighted by molar-refractivity contribution is 6.30. The van der Waals surface area contributed by atoms with Crippen molar-refractivity contribution in [3.8, 4) is 5.75 Å². The van der Waals surface area contributed by atoms with Crippen molar-refractivity contribution in [1.29, 1.82) is 0 Å². The molecule has 2 aromatic rings. The summed E-state index contributed by atoms with van der Waals surface area (Å²) in [6, 6.07) is 13.5. The summed E-state index contributed by atoms with van der Waals surface area (Å²) in [5.74, 6) is 1.20. The first-order valence-electron chi connectivity index (χ1n) is 9.63. The van der Waals surface area contributed by atoms with Gasteiger partial charge in [-0.1, -0.05) is 17.7 Å². The van der Waals surface area contributed by atoms with Crippen molar-refractivity contribution >= 4 is 29.0 Å². The molecule has 5 nitrogen and oxygen atoms in total. The van der Waals surface area contributed by atoms with Crippen LogP contribution in [0.4, 0.5) is 5.69 Å². The molecule has 2 aliphatic rings. The molecule has 28 heavy (non-hydrogen) atoms. The maximum absolute atomic E-state index is 12.5. The molecule has 1 amide bonds. The first-order valence-corrected chi connectivity index (χ1v) is 10.0. The van der Waals surface area contributed by atoms with Gasteiger partial charge < -0.3 is 14.5 Å². The monoisotopic (exact) mass is 398 g/mol. The molecule has 146 valence electrons. The number of hydrogen-bond acceptors (Lipinski definition) is 4. The van der Waals surface area contributed by atoms with Gasteiger partial charge in [0.25, 0.3) is 0 Å². The smallest absolute Gasteiger partial charge is 0.242 e. The number of piperazine rings is 1. The molecular formula is C22H23ClN2O3. The number of fused-ring (bicyclic) bond motifs is 1. The molecule has 0 radical (unpaired) electrons. The van der Waals surface area contributed by atoms with Gasteiger partial charge in [-0.2, -0.15) is 0 Å². The molecule has 1 aliphatic carbocycles. The van der Waals surface area contributed by atoms with Crippen molar-refractivity contribution in [2.45, 2.75) is 19.3 Å². The fraction of sp³-hybridized carbons (Fsp3) is 0.364. The van der Waals surface area contributed by atoms with Crippen LogP contribution in [0.5, 0.6) is 5.75 Å². The summed E-state index contributed by atoms with van der Waals surface area (Å²) in [4.78, 5) is 28.0. The molecular weight excluding hydrogens is 376 g/mol. The normalized spacial score (nSPS) is 16.5. The zero-order valence-electron chi connectivity index (χ0n) is 15.7. The van der Waals surface area contributed by atoms with Gasteiger partial charge in [0.15, 0.2) is 0 Å². The van der Waals surface area contributed by atoms with E-state index in [9.17, 15) is 9.59 Å². The number of carbonyl (C=O) groups excluding carboxylic acids is 2. The van der Waals surface area contributed by atoms with Crippen molar-refractivity contribution in [3.05, 3.63) is 58.6 Å². The second-order valence-corrected chi connectivity index (χ2v) is 7.74. The number of ether oxygens (including phenoxy) is 1. The third kappa shape index (κ3) is 4.30. The Morgan fingerprint density at radius 1 is 0.964 bits per heavy atom. The maximum Gasteiger partial charge on any atom is 0.242 e. The standard InChI is InChI=1S/C22H23ClN2O3/c23-18-3-5-19(6-4-18)25-10-9-24(22(27)15-25)8-1-11-28-21-7-2-16-12-20(26)13-17(16)14-21/h2-7,14H,1,8-13,15H2. The fourth-order valence-corrected chi connectivity index (χ4v) is 3.91. The molecule has 0 unspecified atom stereocenters. The number of halogens is 1. The molecule has 1 aliphatic heterocycles. The van der Waals surface area contributed by atoms with E-state index in [1.54, 1.807) is 0 Å². The zero-order valence-corrected chi connectivity index (χ0v) is 16.5. The minimum atomic E-state index is 0.136. The van der Waals surface area contributed by atoms with Gasteiger partial charge in [0.05, 0.1) is 13.2 Å². The van der Waals surface area contributed by atoms with E-state index in [0.29, 0.717) is 44.1 Å². The number of amides is 1. The van der Waals surface area contributed by atoms with Crippen LogP contribution in [0.25, 0.3) is 0 Å². The average molecular weight is 399 g/mol. The summed E-state index contributed by atoms with van der Waals surface area (Å²) in [6.07, 6.45) is 1.83. The topological polar surface area (TPSA) is 49.9 Å². The van der Waals surface area contributed by atoms with E-state index in [1.165, 1.54) is 0 Å². The van der Waals surface area contributed by atoms with Gasteiger partial charge in [0.1, 0.15) is 11.5 Å². The molecule has 0 saturated carbocycles. The number of carbonyl (C=O) groups is 2. The van der Waals surface area contributed by atoms with E-state index in [-0.39, 0.29) is 11.7 Å². The van der Waals surface area contributed by atoms with Crippen molar-refractivity contribution in [2.24, 2.45) is 0 Å². The molecule has 1 heterocycles. The average Bonchev–Trinajstić information content (AvgIpc) is 3.06. The number of benzene rings is 2. The zero-order chi connectivity index (χ0) is 19.5. The lowest BCUT2D eigenvalue weighted by Gasteiger charge is -2.35. The van der Waals surface area contributed by atoms with Gasteiger partial charge in [0.2, 0.25) is 5.91 Å². The Morgan fingerprint density at radius 3 is 2.54 bits per heavy atom. The largest absolute Gasteiger partial charge is 0.494 e. The van der Waals surface area contributed by atoms with Gasteiger partial charge >= 0.3 is 0 Å². The second kappa shape index (κ2) is 8.23. The van der Waals surface area contributed by atoms with E-state index in [1.807, 2.05) is 47.4 Å². The second-order valence-electron chi connectivity index (χ2n) is 7.30. The molecule has 1 fully saturated rings. The van der Waals surface area contributed by atoms with Crippen LogP contribution in [0.15, 0.2) is 42.5 Å². The number of rotatable bonds is 6. The van der Waals surface area contributed by atoms with E-state index in [2.05, 4.69) is 4.90 Å². The maximum atomic E-state index is 12.5. The summed E-state index contributed by atoms with van der Waals surface area (Å²) in [6.45, 7) is 3.16. The van der Waals surface area contributed by atoms with Gasteiger partial charge in [-0.05, 0) is 53.9 Å². The quantitative estimate of drug-likeness (QED) is 0.701. The summed E-state index contributed by atoms with van der Waals surface area (Å²) < 4.78 is 5.82. The molecule has 2 aromatic carbocycles. The lowest BCUT2D eigenvalue weighted by Crippen LogP contribution is -2.50. The van der Waals surface area contributed by atoms with Gasteiger partial charge in [-0.3, -0.25) is 9.59 Å². The molecule has 6 heteroatoms. The Morgan fingerprint density at radius 2 is 1.75 bits per heavy atom. The number of Topliss-reactive ketones (excluding diaryl/α,β-unsaturated/α-hetero) is 1. The molecule has 0 aromatic heterocycles. The highest BCUT2D eigenvalue weighted by atomic mass is 35.5.